The van der Waals surface area contributed by atoms with E-state index >= 15 is 0 Å². The van der Waals surface area contributed by atoms with E-state index in [1.165, 1.54) is 0 Å². The van der Waals surface area contributed by atoms with Crippen LogP contribution < -0.4 is 0 Å². The highest BCUT2D eigenvalue weighted by Gasteiger charge is 2.10. The largest absolute Gasteiger partial charge is 0.332 e. The fraction of sp³-hybridized carbons (Fsp3) is 0.250. The van der Waals surface area contributed by atoms with E-state index in [1.54, 1.807) is 34.8 Å². The second-order valence-electron chi connectivity index (χ2n) is 4.60. The van der Waals surface area contributed by atoms with E-state index in [-0.39, 0.29) is 4.55 Å². The Labute approximate surface area is 141 Å². The minimum atomic E-state index is 0.170. The molecule has 3 aromatic heterocycles. The molecule has 10 heteroatoms. The van der Waals surface area contributed by atoms with Crippen molar-refractivity contribution in [2.75, 3.05) is 0 Å². The maximum absolute atomic E-state index is 4.40. The van der Waals surface area contributed by atoms with Gasteiger partial charge in [0.2, 0.25) is 0 Å². The van der Waals surface area contributed by atoms with Crippen LogP contribution >= 0.6 is 34.8 Å². The van der Waals surface area contributed by atoms with Crippen molar-refractivity contribution < 1.29 is 0 Å². The number of aryl methyl sites for hydroxylation is 3. The number of imidazole rings is 3. The molecule has 22 heavy (non-hydrogen) atoms. The second-order valence-corrected chi connectivity index (χ2v) is 8.72. The first-order chi connectivity index (χ1) is 10.6. The predicted octanol–water partition coefficient (Wildman–Crippen LogP) is 2.55. The topological polar surface area (TPSA) is 53.5 Å². The lowest BCUT2D eigenvalue weighted by Crippen LogP contribution is -2.05. The monoisotopic (exact) mass is 350 g/mol. The van der Waals surface area contributed by atoms with Gasteiger partial charge in [-0.2, -0.15) is 0 Å². The molecular formula is C12H15BN6S3-. The van der Waals surface area contributed by atoms with Gasteiger partial charge < -0.3 is 48.5 Å². The summed E-state index contributed by atoms with van der Waals surface area (Å²) in [6, 6.07) is 0. The SMILES string of the molecule is Cn1ccnc1S[B-](Sc1nccn1C)Sc1nccn1C. The summed E-state index contributed by atoms with van der Waals surface area (Å²) >= 11 is 5.12. The lowest BCUT2D eigenvalue weighted by Gasteiger charge is -2.26. The molecule has 0 amide bonds. The molecule has 0 bridgehead atoms. The van der Waals surface area contributed by atoms with Crippen LogP contribution in [0.2, 0.25) is 0 Å². The van der Waals surface area contributed by atoms with Gasteiger partial charge in [-0.15, -0.1) is 0 Å². The maximum atomic E-state index is 4.40. The van der Waals surface area contributed by atoms with Crippen LogP contribution in [0.3, 0.4) is 0 Å². The molecule has 0 N–H and O–H groups in total. The number of nitrogens with zero attached hydrogens (tertiary/aromatic N) is 6. The van der Waals surface area contributed by atoms with Gasteiger partial charge >= 0.3 is 0 Å². The van der Waals surface area contributed by atoms with Crippen molar-refractivity contribution in [2.45, 2.75) is 15.5 Å². The highest BCUT2D eigenvalue weighted by Crippen LogP contribution is 2.39. The zero-order valence-electron chi connectivity index (χ0n) is 12.4. The van der Waals surface area contributed by atoms with Crippen LogP contribution in [0.5, 0.6) is 0 Å². The quantitative estimate of drug-likeness (QED) is 0.637. The third-order valence-corrected chi connectivity index (χ3v) is 7.06. The van der Waals surface area contributed by atoms with E-state index in [9.17, 15) is 0 Å². The molecule has 0 unspecified atom stereocenters. The first-order valence-corrected chi connectivity index (χ1v) is 9.19. The second kappa shape index (κ2) is 6.88. The van der Waals surface area contributed by atoms with E-state index in [1.807, 2.05) is 72.0 Å². The van der Waals surface area contributed by atoms with Crippen LogP contribution in [0, 0.1) is 0 Å². The third-order valence-electron chi connectivity index (χ3n) is 2.94. The van der Waals surface area contributed by atoms with Gasteiger partial charge in [0, 0.05) is 58.3 Å². The van der Waals surface area contributed by atoms with Crippen molar-refractivity contribution in [3.8, 4) is 0 Å². The zero-order valence-corrected chi connectivity index (χ0v) is 14.9. The fourth-order valence-electron chi connectivity index (χ4n) is 1.73. The normalized spacial score (nSPS) is 11.5. The van der Waals surface area contributed by atoms with Crippen LogP contribution in [0.15, 0.2) is 52.7 Å². The molecule has 6 nitrogen and oxygen atoms in total. The van der Waals surface area contributed by atoms with Crippen molar-refractivity contribution in [1.82, 2.24) is 28.7 Å². The van der Waals surface area contributed by atoms with Crippen molar-refractivity contribution in [2.24, 2.45) is 21.1 Å². The molecule has 0 spiro atoms. The van der Waals surface area contributed by atoms with Crippen LogP contribution in [0.25, 0.3) is 0 Å². The van der Waals surface area contributed by atoms with E-state index in [4.69, 9.17) is 0 Å². The van der Waals surface area contributed by atoms with Crippen molar-refractivity contribution in [1.29, 1.82) is 0 Å². The molecule has 0 aliphatic carbocycles. The molecule has 0 atom stereocenters. The summed E-state index contributed by atoms with van der Waals surface area (Å²) in [4.78, 5) is 13.2. The summed E-state index contributed by atoms with van der Waals surface area (Å²) in [5.74, 6) is 0. The van der Waals surface area contributed by atoms with Crippen LogP contribution in [-0.2, 0) is 21.1 Å². The van der Waals surface area contributed by atoms with Gasteiger partial charge in [-0.3, -0.25) is 0 Å². The van der Waals surface area contributed by atoms with Crippen molar-refractivity contribution in [3.05, 3.63) is 37.2 Å². The standard InChI is InChI=1S/C12H15BN6S3/c1-17-7-4-14-10(17)20-13(21-11-15-5-8-18(11)2)22-12-16-6-9-19(12)3/h4-9H,1-3H3/q-1. The Hall–Kier alpha value is -1.26. The van der Waals surface area contributed by atoms with Crippen LogP contribution in [-0.4, -0.2) is 33.2 Å². The van der Waals surface area contributed by atoms with Gasteiger partial charge in [0.15, 0.2) is 0 Å². The Kier molecular flexibility index (Phi) is 4.89. The lowest BCUT2D eigenvalue weighted by molar-refractivity contribution is 0.791. The first kappa shape index (κ1) is 15.6. The maximum Gasteiger partial charge on any atom is 0.125 e. The number of rotatable bonds is 6. The molecule has 0 aliphatic heterocycles. The van der Waals surface area contributed by atoms with Gasteiger partial charge in [-0.1, -0.05) is 0 Å². The molecule has 115 valence electrons. The number of hydrogen-bond donors (Lipinski definition) is 0. The van der Waals surface area contributed by atoms with E-state index < -0.39 is 0 Å². The molecular weight excluding hydrogens is 335 g/mol. The Morgan fingerprint density at radius 3 is 1.23 bits per heavy atom. The summed E-state index contributed by atoms with van der Waals surface area (Å²) in [6.45, 7) is 0. The molecule has 3 aromatic rings. The molecule has 3 heterocycles. The summed E-state index contributed by atoms with van der Waals surface area (Å²) in [6.07, 6.45) is 11.3. The fourth-order valence-corrected chi connectivity index (χ4v) is 5.42. The van der Waals surface area contributed by atoms with Crippen molar-refractivity contribution in [3.63, 3.8) is 0 Å². The third kappa shape index (κ3) is 3.56. The number of hydrogen-bond acceptors (Lipinski definition) is 6. The molecule has 0 aliphatic rings. The summed E-state index contributed by atoms with van der Waals surface area (Å²) in [7, 11) is 6.01. The molecule has 0 aromatic carbocycles. The van der Waals surface area contributed by atoms with Gasteiger partial charge in [0.05, 0.1) is 4.55 Å². The van der Waals surface area contributed by atoms with Gasteiger partial charge in [0.25, 0.3) is 0 Å². The summed E-state index contributed by atoms with van der Waals surface area (Å²) < 4.78 is 6.24. The zero-order chi connectivity index (χ0) is 15.5. The summed E-state index contributed by atoms with van der Waals surface area (Å²) in [5.41, 5.74) is 0. The Morgan fingerprint density at radius 1 is 0.682 bits per heavy atom. The Bertz CT molecular complexity index is 651. The van der Waals surface area contributed by atoms with Crippen LogP contribution in [0.1, 0.15) is 0 Å². The average Bonchev–Trinajstić information content (AvgIpc) is 3.17. The molecule has 0 saturated carbocycles. The predicted molar refractivity (Wildman–Crippen MR) is 92.9 cm³/mol. The van der Waals surface area contributed by atoms with E-state index in [0.29, 0.717) is 0 Å². The van der Waals surface area contributed by atoms with Gasteiger partial charge in [-0.25, -0.2) is 15.0 Å². The van der Waals surface area contributed by atoms with Crippen molar-refractivity contribution >= 4 is 39.4 Å². The average molecular weight is 350 g/mol. The van der Waals surface area contributed by atoms with E-state index in [0.717, 1.165) is 15.5 Å². The lowest BCUT2D eigenvalue weighted by atomic mass is 10.7. The number of aromatic nitrogens is 6. The Morgan fingerprint density at radius 2 is 1.00 bits per heavy atom. The van der Waals surface area contributed by atoms with Gasteiger partial charge in [0.1, 0.15) is 15.5 Å². The van der Waals surface area contributed by atoms with E-state index in [2.05, 4.69) is 15.0 Å². The molecule has 0 fully saturated rings. The molecule has 0 saturated heterocycles. The minimum absolute atomic E-state index is 0.170. The smallest absolute Gasteiger partial charge is 0.125 e. The molecule has 1 radical (unpaired) electrons. The highest BCUT2D eigenvalue weighted by atomic mass is 32.3. The van der Waals surface area contributed by atoms with Gasteiger partial charge in [-0.05, 0) is 0 Å². The Balaban J connectivity index is 1.80. The van der Waals surface area contributed by atoms with Crippen LogP contribution in [0.4, 0.5) is 0 Å². The summed E-state index contributed by atoms with van der Waals surface area (Å²) in [5, 5.41) is 2.94. The first-order valence-electron chi connectivity index (χ1n) is 6.55. The highest BCUT2D eigenvalue weighted by molar-refractivity contribution is 8.76. The molecule has 3 rings (SSSR count). The minimum Gasteiger partial charge on any atom is -0.332 e.